The van der Waals surface area contributed by atoms with Gasteiger partial charge in [0.05, 0.1) is 5.41 Å². The van der Waals surface area contributed by atoms with Gasteiger partial charge in [-0.15, -0.1) is 0 Å². The molecule has 0 aromatic rings. The van der Waals surface area contributed by atoms with Gasteiger partial charge in [-0.2, -0.15) is 0 Å². The highest BCUT2D eigenvalue weighted by atomic mass is 19.3. The van der Waals surface area contributed by atoms with E-state index in [-0.39, 0.29) is 12.8 Å². The largest absolute Gasteiger partial charge is 0.481 e. The summed E-state index contributed by atoms with van der Waals surface area (Å²) >= 11 is 0. The fourth-order valence-corrected chi connectivity index (χ4v) is 1.79. The van der Waals surface area contributed by atoms with Gasteiger partial charge < -0.3 is 5.11 Å². The predicted octanol–water partition coefficient (Wildman–Crippen LogP) is 2.49. The van der Waals surface area contributed by atoms with Gasteiger partial charge in [0.2, 0.25) is 6.43 Å². The zero-order valence-electron chi connectivity index (χ0n) is 7.30. The standard InChI is InChI=1S/C9H13F2O2/c10-7(11)3-6-9(8(12)13)4-1-2-5-9/h4,7H,1-3,5-6H2,(H,12,13). The topological polar surface area (TPSA) is 37.3 Å². The second kappa shape index (κ2) is 4.03. The van der Waals surface area contributed by atoms with Crippen molar-refractivity contribution in [1.29, 1.82) is 0 Å². The van der Waals surface area contributed by atoms with Gasteiger partial charge in [0.15, 0.2) is 0 Å². The molecule has 1 saturated carbocycles. The zero-order chi connectivity index (χ0) is 9.90. The minimum absolute atomic E-state index is 0.0694. The first-order valence-corrected chi connectivity index (χ1v) is 4.43. The Balaban J connectivity index is 2.52. The first-order chi connectivity index (χ1) is 6.07. The highest BCUT2D eigenvalue weighted by molar-refractivity contribution is 5.76. The molecule has 1 N–H and O–H groups in total. The van der Waals surface area contributed by atoms with Gasteiger partial charge in [-0.25, -0.2) is 8.78 Å². The lowest BCUT2D eigenvalue weighted by atomic mass is 9.82. The third kappa shape index (κ3) is 2.39. The van der Waals surface area contributed by atoms with Crippen LogP contribution >= 0.6 is 0 Å². The molecular weight excluding hydrogens is 178 g/mol. The molecule has 1 rings (SSSR count). The second-order valence-corrected chi connectivity index (χ2v) is 3.49. The van der Waals surface area contributed by atoms with Gasteiger partial charge in [0.1, 0.15) is 0 Å². The van der Waals surface area contributed by atoms with Crippen molar-refractivity contribution in [1.82, 2.24) is 0 Å². The van der Waals surface area contributed by atoms with E-state index in [1.807, 2.05) is 0 Å². The van der Waals surface area contributed by atoms with E-state index in [1.165, 1.54) is 0 Å². The Morgan fingerprint density at radius 3 is 2.69 bits per heavy atom. The maximum absolute atomic E-state index is 11.9. The molecule has 1 atom stereocenters. The molecule has 2 nitrogen and oxygen atoms in total. The average molecular weight is 191 g/mol. The van der Waals surface area contributed by atoms with Crippen molar-refractivity contribution in [3.8, 4) is 0 Å². The summed E-state index contributed by atoms with van der Waals surface area (Å²) in [6, 6.07) is 0. The van der Waals surface area contributed by atoms with Crippen LogP contribution in [-0.4, -0.2) is 17.5 Å². The van der Waals surface area contributed by atoms with E-state index < -0.39 is 17.8 Å². The van der Waals surface area contributed by atoms with Crippen LogP contribution in [0.4, 0.5) is 8.78 Å². The first kappa shape index (κ1) is 10.4. The van der Waals surface area contributed by atoms with E-state index >= 15 is 0 Å². The van der Waals surface area contributed by atoms with Crippen LogP contribution in [-0.2, 0) is 4.79 Å². The smallest absolute Gasteiger partial charge is 0.309 e. The monoisotopic (exact) mass is 191 g/mol. The summed E-state index contributed by atoms with van der Waals surface area (Å²) in [6.07, 6.45) is 1.07. The number of alkyl halides is 2. The second-order valence-electron chi connectivity index (χ2n) is 3.49. The van der Waals surface area contributed by atoms with Crippen molar-refractivity contribution < 1.29 is 18.7 Å². The highest BCUT2D eigenvalue weighted by Gasteiger charge is 2.41. The number of hydrogen-bond donors (Lipinski definition) is 1. The summed E-state index contributed by atoms with van der Waals surface area (Å²) in [5.74, 6) is -0.953. The summed E-state index contributed by atoms with van der Waals surface area (Å²) in [4.78, 5) is 10.9. The van der Waals surface area contributed by atoms with Gasteiger partial charge in [0.25, 0.3) is 0 Å². The molecule has 0 aromatic heterocycles. The van der Waals surface area contributed by atoms with E-state index in [2.05, 4.69) is 0 Å². The molecule has 0 aromatic carbocycles. The van der Waals surface area contributed by atoms with Crippen LogP contribution in [0.5, 0.6) is 0 Å². The van der Waals surface area contributed by atoms with Gasteiger partial charge in [-0.1, -0.05) is 6.42 Å². The molecule has 0 aliphatic heterocycles. The number of rotatable bonds is 4. The first-order valence-electron chi connectivity index (χ1n) is 4.43. The van der Waals surface area contributed by atoms with Crippen molar-refractivity contribution in [2.24, 2.45) is 5.41 Å². The van der Waals surface area contributed by atoms with E-state index in [1.54, 1.807) is 6.42 Å². The Bertz CT molecular complexity index is 186. The van der Waals surface area contributed by atoms with Gasteiger partial charge in [0, 0.05) is 6.42 Å². The van der Waals surface area contributed by atoms with E-state index in [9.17, 15) is 13.6 Å². The fraction of sp³-hybridized carbons (Fsp3) is 0.778. The highest BCUT2D eigenvalue weighted by Crippen LogP contribution is 2.41. The molecule has 1 aliphatic rings. The minimum atomic E-state index is -2.40. The van der Waals surface area contributed by atoms with E-state index in [0.29, 0.717) is 6.42 Å². The third-order valence-electron chi connectivity index (χ3n) is 2.60. The Morgan fingerprint density at radius 1 is 1.62 bits per heavy atom. The van der Waals surface area contributed by atoms with Crippen LogP contribution in [0.15, 0.2) is 0 Å². The van der Waals surface area contributed by atoms with Crippen molar-refractivity contribution in [2.75, 3.05) is 0 Å². The maximum atomic E-state index is 11.9. The Morgan fingerprint density at radius 2 is 2.31 bits per heavy atom. The van der Waals surface area contributed by atoms with Crippen LogP contribution in [0, 0.1) is 11.8 Å². The molecule has 4 heteroatoms. The number of halogens is 2. The fourth-order valence-electron chi connectivity index (χ4n) is 1.79. The van der Waals surface area contributed by atoms with Gasteiger partial charge in [-0.05, 0) is 25.7 Å². The molecule has 1 unspecified atom stereocenters. The van der Waals surface area contributed by atoms with Crippen LogP contribution in [0.1, 0.15) is 32.1 Å². The van der Waals surface area contributed by atoms with Gasteiger partial charge in [-0.3, -0.25) is 4.79 Å². The molecule has 0 amide bonds. The SMILES string of the molecule is O=C(O)C1(CCC(F)F)[CH]CCC1. The Labute approximate surface area is 75.9 Å². The Kier molecular flexibility index (Phi) is 3.22. The lowest BCUT2D eigenvalue weighted by Crippen LogP contribution is -2.28. The molecule has 0 spiro atoms. The lowest BCUT2D eigenvalue weighted by molar-refractivity contribution is -0.147. The lowest BCUT2D eigenvalue weighted by Gasteiger charge is -2.22. The minimum Gasteiger partial charge on any atom is -0.481 e. The molecule has 0 saturated heterocycles. The van der Waals surface area contributed by atoms with Crippen LogP contribution < -0.4 is 0 Å². The quantitative estimate of drug-likeness (QED) is 0.741. The van der Waals surface area contributed by atoms with Crippen LogP contribution in [0.2, 0.25) is 0 Å². The number of hydrogen-bond acceptors (Lipinski definition) is 1. The predicted molar refractivity (Wildman–Crippen MR) is 43.5 cm³/mol. The Hall–Kier alpha value is -0.670. The molecule has 1 aliphatic carbocycles. The van der Waals surface area contributed by atoms with Crippen LogP contribution in [0.3, 0.4) is 0 Å². The van der Waals surface area contributed by atoms with Crippen molar-refractivity contribution >= 4 is 5.97 Å². The summed E-state index contributed by atoms with van der Waals surface area (Å²) in [7, 11) is 0. The number of aliphatic carboxylic acids is 1. The summed E-state index contributed by atoms with van der Waals surface area (Å²) in [6.45, 7) is 0. The van der Waals surface area contributed by atoms with E-state index in [4.69, 9.17) is 5.11 Å². The molecule has 1 fully saturated rings. The molecule has 13 heavy (non-hydrogen) atoms. The average Bonchev–Trinajstić information content (AvgIpc) is 2.50. The summed E-state index contributed by atoms with van der Waals surface area (Å²) in [5.41, 5.74) is -0.962. The zero-order valence-corrected chi connectivity index (χ0v) is 7.30. The number of carbonyl (C=O) groups is 1. The maximum Gasteiger partial charge on any atom is 0.309 e. The molecule has 75 valence electrons. The molecule has 0 bridgehead atoms. The number of carboxylic acid groups (broad SMARTS) is 1. The molecule has 1 radical (unpaired) electrons. The van der Waals surface area contributed by atoms with Gasteiger partial charge >= 0.3 is 5.97 Å². The van der Waals surface area contributed by atoms with Crippen molar-refractivity contribution in [2.45, 2.75) is 38.5 Å². The summed E-state index contributed by atoms with van der Waals surface area (Å²) < 4.78 is 23.8. The van der Waals surface area contributed by atoms with E-state index in [0.717, 1.165) is 12.8 Å². The summed E-state index contributed by atoms with van der Waals surface area (Å²) in [5, 5.41) is 8.90. The van der Waals surface area contributed by atoms with Crippen LogP contribution in [0.25, 0.3) is 0 Å². The number of carboxylic acids is 1. The normalized spacial score (nSPS) is 20.8. The van der Waals surface area contributed by atoms with Crippen molar-refractivity contribution in [3.63, 3.8) is 0 Å². The third-order valence-corrected chi connectivity index (χ3v) is 2.60. The molecule has 0 heterocycles. The van der Waals surface area contributed by atoms with Crippen molar-refractivity contribution in [3.05, 3.63) is 6.42 Å². The molecular formula is C9H13F2O2.